The average Bonchev–Trinajstić information content (AvgIpc) is 3.37. The minimum absolute atomic E-state index is 0.642. The second-order valence-electron chi connectivity index (χ2n) is 6.96. The first-order chi connectivity index (χ1) is 12.6. The molecular formula is C21H23Cl2N3. The summed E-state index contributed by atoms with van der Waals surface area (Å²) < 4.78 is 2.04. The molecule has 0 spiro atoms. The number of rotatable bonds is 6. The van der Waals surface area contributed by atoms with E-state index in [1.165, 1.54) is 18.5 Å². The maximum Gasteiger partial charge on any atom is 0.0905 e. The van der Waals surface area contributed by atoms with E-state index >= 15 is 0 Å². The first-order valence-corrected chi connectivity index (χ1v) is 10.1. The Hall–Kier alpha value is -1.71. The summed E-state index contributed by atoms with van der Waals surface area (Å²) in [4.78, 5) is 2.49. The fourth-order valence-electron chi connectivity index (χ4n) is 3.58. The average molecular weight is 388 g/mol. The Balaban J connectivity index is 1.89. The number of benzene rings is 1. The molecular weight excluding hydrogens is 365 g/mol. The highest BCUT2D eigenvalue weighted by Gasteiger charge is 2.27. The highest BCUT2D eigenvalue weighted by Crippen LogP contribution is 2.37. The molecule has 0 aliphatic heterocycles. The van der Waals surface area contributed by atoms with Gasteiger partial charge in [0.1, 0.15) is 0 Å². The molecule has 1 aromatic carbocycles. The first kappa shape index (κ1) is 17.7. The van der Waals surface area contributed by atoms with E-state index in [0.717, 1.165) is 47.9 Å². The molecule has 0 atom stereocenters. The zero-order valence-electron chi connectivity index (χ0n) is 15.2. The highest BCUT2D eigenvalue weighted by atomic mass is 35.5. The van der Waals surface area contributed by atoms with Gasteiger partial charge in [0, 0.05) is 23.7 Å². The Bertz CT molecular complexity index is 944. The summed E-state index contributed by atoms with van der Waals surface area (Å²) in [6, 6.07) is 11.9. The largest absolute Gasteiger partial charge is 0.368 e. The van der Waals surface area contributed by atoms with Crippen molar-refractivity contribution in [2.75, 3.05) is 18.0 Å². The third kappa shape index (κ3) is 3.19. The molecule has 1 aliphatic carbocycles. The molecule has 0 saturated heterocycles. The number of aryl methyl sites for hydroxylation is 1. The van der Waals surface area contributed by atoms with Crippen molar-refractivity contribution in [1.29, 1.82) is 0 Å². The summed E-state index contributed by atoms with van der Waals surface area (Å²) in [5.74, 6) is 0.837. The summed E-state index contributed by atoms with van der Waals surface area (Å²) in [5.41, 5.74) is 5.50. The zero-order valence-corrected chi connectivity index (χ0v) is 16.7. The Morgan fingerprint density at radius 1 is 1.15 bits per heavy atom. The van der Waals surface area contributed by atoms with E-state index in [2.05, 4.69) is 36.9 Å². The lowest BCUT2D eigenvalue weighted by Crippen LogP contribution is -2.26. The van der Waals surface area contributed by atoms with Gasteiger partial charge in [-0.15, -0.1) is 0 Å². The fourth-order valence-corrected chi connectivity index (χ4v) is 4.08. The van der Waals surface area contributed by atoms with Crippen molar-refractivity contribution in [3.05, 3.63) is 52.1 Å². The van der Waals surface area contributed by atoms with E-state index in [4.69, 9.17) is 28.3 Å². The molecule has 0 unspecified atom stereocenters. The summed E-state index contributed by atoms with van der Waals surface area (Å²) in [7, 11) is 0. The van der Waals surface area contributed by atoms with E-state index in [0.29, 0.717) is 10.0 Å². The smallest absolute Gasteiger partial charge is 0.0905 e. The molecule has 1 aliphatic rings. The van der Waals surface area contributed by atoms with Crippen molar-refractivity contribution in [3.63, 3.8) is 0 Å². The predicted octanol–water partition coefficient (Wildman–Crippen LogP) is 6.11. The van der Waals surface area contributed by atoms with Crippen molar-refractivity contribution >= 4 is 34.4 Å². The van der Waals surface area contributed by atoms with Gasteiger partial charge in [-0.3, -0.25) is 0 Å². The van der Waals surface area contributed by atoms with E-state index in [9.17, 15) is 0 Å². The minimum atomic E-state index is 0.642. The number of hydrogen-bond acceptors (Lipinski definition) is 2. The zero-order chi connectivity index (χ0) is 18.3. The monoisotopic (exact) mass is 387 g/mol. The Labute approximate surface area is 164 Å². The lowest BCUT2D eigenvalue weighted by atomic mass is 10.1. The first-order valence-electron chi connectivity index (χ1n) is 9.33. The van der Waals surface area contributed by atoms with Gasteiger partial charge in [0.2, 0.25) is 0 Å². The van der Waals surface area contributed by atoms with Crippen LogP contribution in [0.25, 0.3) is 16.8 Å². The van der Waals surface area contributed by atoms with Gasteiger partial charge in [-0.1, -0.05) is 36.2 Å². The number of aromatic nitrogens is 2. The number of halogens is 2. The van der Waals surface area contributed by atoms with Crippen LogP contribution in [0.4, 0.5) is 5.69 Å². The van der Waals surface area contributed by atoms with Crippen molar-refractivity contribution in [1.82, 2.24) is 9.61 Å². The van der Waals surface area contributed by atoms with E-state index < -0.39 is 0 Å². The van der Waals surface area contributed by atoms with Crippen molar-refractivity contribution < 1.29 is 0 Å². The van der Waals surface area contributed by atoms with Crippen LogP contribution in [0.3, 0.4) is 0 Å². The summed E-state index contributed by atoms with van der Waals surface area (Å²) >= 11 is 12.6. The van der Waals surface area contributed by atoms with Gasteiger partial charge in [-0.2, -0.15) is 5.10 Å². The molecule has 136 valence electrons. The third-order valence-corrected chi connectivity index (χ3v) is 5.66. The van der Waals surface area contributed by atoms with Gasteiger partial charge in [-0.05, 0) is 62.4 Å². The van der Waals surface area contributed by atoms with Crippen molar-refractivity contribution in [2.24, 2.45) is 5.92 Å². The van der Waals surface area contributed by atoms with Gasteiger partial charge in [0.15, 0.2) is 0 Å². The Morgan fingerprint density at radius 3 is 2.62 bits per heavy atom. The van der Waals surface area contributed by atoms with E-state index in [-0.39, 0.29) is 0 Å². The second-order valence-corrected chi connectivity index (χ2v) is 7.81. The van der Waals surface area contributed by atoms with Crippen LogP contribution in [0.1, 0.15) is 32.4 Å². The maximum atomic E-state index is 6.48. The second kappa shape index (κ2) is 7.13. The van der Waals surface area contributed by atoms with Crippen LogP contribution >= 0.6 is 23.2 Å². The lowest BCUT2D eigenvalue weighted by molar-refractivity contribution is 0.739. The SMILES string of the molecule is CCc1nn2c(-c3ccc(Cl)cc3Cl)cccc2c1N(CC)CC1CC1. The number of fused-ring (bicyclic) bond motifs is 1. The molecule has 1 fully saturated rings. The molecule has 4 rings (SSSR count). The maximum absolute atomic E-state index is 6.48. The fraction of sp³-hybridized carbons (Fsp3) is 0.381. The molecule has 2 aromatic heterocycles. The van der Waals surface area contributed by atoms with E-state index in [1.54, 1.807) is 6.07 Å². The van der Waals surface area contributed by atoms with Crippen LogP contribution in [0.2, 0.25) is 10.0 Å². The molecule has 0 radical (unpaired) electrons. The molecule has 2 heterocycles. The van der Waals surface area contributed by atoms with Crippen LogP contribution in [-0.4, -0.2) is 22.7 Å². The van der Waals surface area contributed by atoms with Crippen LogP contribution in [0.5, 0.6) is 0 Å². The van der Waals surface area contributed by atoms with Crippen molar-refractivity contribution in [3.8, 4) is 11.3 Å². The summed E-state index contributed by atoms with van der Waals surface area (Å²) in [6.45, 7) is 6.52. The number of pyridine rings is 1. The number of hydrogen-bond donors (Lipinski definition) is 0. The van der Waals surface area contributed by atoms with Crippen molar-refractivity contribution in [2.45, 2.75) is 33.1 Å². The molecule has 0 N–H and O–H groups in total. The summed E-state index contributed by atoms with van der Waals surface area (Å²) in [6.07, 6.45) is 3.61. The van der Waals surface area contributed by atoms with Gasteiger partial charge < -0.3 is 4.90 Å². The molecule has 3 nitrogen and oxygen atoms in total. The summed E-state index contributed by atoms with van der Waals surface area (Å²) in [5, 5.41) is 6.24. The van der Waals surface area contributed by atoms with Gasteiger partial charge >= 0.3 is 0 Å². The van der Waals surface area contributed by atoms with Crippen LogP contribution in [-0.2, 0) is 6.42 Å². The predicted molar refractivity (Wildman–Crippen MR) is 111 cm³/mol. The topological polar surface area (TPSA) is 20.5 Å². The van der Waals surface area contributed by atoms with Gasteiger partial charge in [0.25, 0.3) is 0 Å². The molecule has 1 saturated carbocycles. The molecule has 5 heteroatoms. The van der Waals surface area contributed by atoms with Gasteiger partial charge in [-0.25, -0.2) is 4.52 Å². The van der Waals surface area contributed by atoms with Crippen LogP contribution in [0.15, 0.2) is 36.4 Å². The minimum Gasteiger partial charge on any atom is -0.368 e. The molecule has 26 heavy (non-hydrogen) atoms. The van der Waals surface area contributed by atoms with Crippen LogP contribution < -0.4 is 4.90 Å². The quantitative estimate of drug-likeness (QED) is 0.508. The lowest BCUT2D eigenvalue weighted by Gasteiger charge is -2.23. The number of nitrogens with zero attached hydrogens (tertiary/aromatic N) is 3. The Morgan fingerprint density at radius 2 is 1.96 bits per heavy atom. The van der Waals surface area contributed by atoms with E-state index in [1.807, 2.05) is 16.6 Å². The van der Waals surface area contributed by atoms with Crippen LogP contribution in [0, 0.1) is 5.92 Å². The molecule has 0 amide bonds. The normalized spacial score (nSPS) is 14.2. The Kier molecular flexibility index (Phi) is 4.85. The third-order valence-electron chi connectivity index (χ3n) is 5.12. The standard InChI is InChI=1S/C21H23Cl2N3/c1-3-18-21(25(4-2)13-14-8-9-14)20-7-5-6-19(26(20)24-18)16-11-10-15(22)12-17(16)23/h5-7,10-12,14H,3-4,8-9,13H2,1-2H3. The highest BCUT2D eigenvalue weighted by molar-refractivity contribution is 6.36. The van der Waals surface area contributed by atoms with Gasteiger partial charge in [0.05, 0.1) is 27.6 Å². The molecule has 0 bridgehead atoms. The number of anilines is 1. The molecule has 3 aromatic rings.